The van der Waals surface area contributed by atoms with Gasteiger partial charge >= 0.3 is 0 Å². The molecule has 24 heavy (non-hydrogen) atoms. The molecular formula is C19H29N3O2. The van der Waals surface area contributed by atoms with E-state index in [4.69, 9.17) is 15.2 Å². The summed E-state index contributed by atoms with van der Waals surface area (Å²) in [5.74, 6) is 2.93. The van der Waals surface area contributed by atoms with Crippen molar-refractivity contribution in [1.82, 2.24) is 0 Å². The quantitative estimate of drug-likeness (QED) is 0.487. The van der Waals surface area contributed by atoms with E-state index in [0.717, 1.165) is 42.5 Å². The van der Waals surface area contributed by atoms with Gasteiger partial charge < -0.3 is 20.5 Å². The topological polar surface area (TPSA) is 68.9 Å². The fourth-order valence-electron chi connectivity index (χ4n) is 3.48. The molecule has 2 aliphatic rings. The van der Waals surface area contributed by atoms with Crippen molar-refractivity contribution in [1.29, 1.82) is 0 Å². The van der Waals surface area contributed by atoms with Crippen LogP contribution in [0.4, 0.5) is 5.69 Å². The van der Waals surface area contributed by atoms with Crippen molar-refractivity contribution in [3.05, 3.63) is 18.2 Å². The van der Waals surface area contributed by atoms with E-state index in [1.165, 1.54) is 38.5 Å². The number of hydrogen-bond acceptors (Lipinski definition) is 3. The van der Waals surface area contributed by atoms with Gasteiger partial charge in [-0.15, -0.1) is 0 Å². The summed E-state index contributed by atoms with van der Waals surface area (Å²) >= 11 is 0. The number of fused-ring (bicyclic) bond motifs is 1. The molecule has 1 aliphatic heterocycles. The van der Waals surface area contributed by atoms with E-state index in [-0.39, 0.29) is 0 Å². The molecular weight excluding hydrogens is 302 g/mol. The molecule has 0 saturated heterocycles. The number of nitrogens with one attached hydrogen (secondary N) is 1. The first-order chi connectivity index (χ1) is 11.8. The maximum absolute atomic E-state index is 6.00. The molecule has 5 heteroatoms. The third kappa shape index (κ3) is 5.05. The fraction of sp³-hybridized carbons (Fsp3) is 0.632. The van der Waals surface area contributed by atoms with Gasteiger partial charge in [-0.1, -0.05) is 32.1 Å². The lowest BCUT2D eigenvalue weighted by molar-refractivity contribution is 0.297. The smallest absolute Gasteiger partial charge is 0.193 e. The van der Waals surface area contributed by atoms with E-state index < -0.39 is 0 Å². The molecule has 3 rings (SSSR count). The van der Waals surface area contributed by atoms with Crippen molar-refractivity contribution in [2.45, 2.75) is 51.4 Å². The highest BCUT2D eigenvalue weighted by Crippen LogP contribution is 2.32. The lowest BCUT2D eigenvalue weighted by atomic mass is 9.86. The summed E-state index contributed by atoms with van der Waals surface area (Å²) in [4.78, 5) is 4.45. The molecule has 3 N–H and O–H groups in total. The number of nitrogens with zero attached hydrogens (tertiary/aromatic N) is 1. The second-order valence-corrected chi connectivity index (χ2v) is 6.75. The Morgan fingerprint density at radius 1 is 1.08 bits per heavy atom. The van der Waals surface area contributed by atoms with Crippen LogP contribution >= 0.6 is 0 Å². The number of nitrogens with two attached hydrogens (primary N) is 1. The van der Waals surface area contributed by atoms with Crippen molar-refractivity contribution in [2.75, 3.05) is 25.1 Å². The van der Waals surface area contributed by atoms with Crippen molar-refractivity contribution >= 4 is 11.6 Å². The molecule has 0 amide bonds. The molecule has 0 atom stereocenters. The van der Waals surface area contributed by atoms with Crippen LogP contribution in [0.5, 0.6) is 11.5 Å². The molecule has 1 fully saturated rings. The fourth-order valence-corrected chi connectivity index (χ4v) is 3.48. The summed E-state index contributed by atoms with van der Waals surface area (Å²) in [6.07, 6.45) is 10.3. The number of guanidine groups is 1. The number of ether oxygens (including phenoxy) is 2. The zero-order valence-electron chi connectivity index (χ0n) is 14.4. The first-order valence-electron chi connectivity index (χ1n) is 9.28. The van der Waals surface area contributed by atoms with Crippen molar-refractivity contribution in [2.24, 2.45) is 16.6 Å². The Kier molecular flexibility index (Phi) is 6.21. The molecule has 1 aromatic rings. The number of benzene rings is 1. The Balaban J connectivity index is 1.45. The highest BCUT2D eigenvalue weighted by atomic mass is 16.5. The maximum atomic E-state index is 6.00. The lowest BCUT2D eigenvalue weighted by Crippen LogP contribution is -2.23. The molecule has 1 heterocycles. The SMILES string of the molecule is NC(=NCCCC1CCCCC1)Nc1ccc2c(c1)OCCCO2. The minimum absolute atomic E-state index is 0.466. The molecule has 1 aromatic carbocycles. The van der Waals surface area contributed by atoms with Gasteiger partial charge in [-0.05, 0) is 30.9 Å². The van der Waals surface area contributed by atoms with E-state index in [1.54, 1.807) is 0 Å². The molecule has 0 aromatic heterocycles. The molecule has 1 saturated carbocycles. The van der Waals surface area contributed by atoms with Gasteiger partial charge in [0, 0.05) is 24.7 Å². The monoisotopic (exact) mass is 331 g/mol. The van der Waals surface area contributed by atoms with Crippen LogP contribution in [0.15, 0.2) is 23.2 Å². The van der Waals surface area contributed by atoms with Gasteiger partial charge in [-0.3, -0.25) is 4.99 Å². The van der Waals surface area contributed by atoms with Crippen molar-refractivity contribution < 1.29 is 9.47 Å². The van der Waals surface area contributed by atoms with E-state index in [2.05, 4.69) is 10.3 Å². The number of anilines is 1. The summed E-state index contributed by atoms with van der Waals surface area (Å²) < 4.78 is 11.3. The molecule has 0 spiro atoms. The van der Waals surface area contributed by atoms with E-state index in [0.29, 0.717) is 19.2 Å². The Morgan fingerprint density at radius 3 is 2.71 bits per heavy atom. The molecule has 0 unspecified atom stereocenters. The number of rotatable bonds is 5. The summed E-state index contributed by atoms with van der Waals surface area (Å²) in [5, 5.41) is 3.14. The van der Waals surface area contributed by atoms with Crippen LogP contribution in [0.25, 0.3) is 0 Å². The molecule has 132 valence electrons. The van der Waals surface area contributed by atoms with Gasteiger partial charge in [-0.2, -0.15) is 0 Å². The lowest BCUT2D eigenvalue weighted by Gasteiger charge is -2.20. The highest BCUT2D eigenvalue weighted by molar-refractivity contribution is 5.92. The minimum Gasteiger partial charge on any atom is -0.490 e. The zero-order valence-corrected chi connectivity index (χ0v) is 14.4. The van der Waals surface area contributed by atoms with Crippen LogP contribution in [0, 0.1) is 5.92 Å². The normalized spacial score (nSPS) is 18.9. The predicted molar refractivity (Wildman–Crippen MR) is 98.0 cm³/mol. The summed E-state index contributed by atoms with van der Waals surface area (Å²) in [6.45, 7) is 2.17. The second kappa shape index (κ2) is 8.81. The van der Waals surface area contributed by atoms with Crippen LogP contribution in [-0.4, -0.2) is 25.7 Å². The molecule has 1 aliphatic carbocycles. The van der Waals surface area contributed by atoms with Crippen LogP contribution in [0.1, 0.15) is 51.4 Å². The van der Waals surface area contributed by atoms with Gasteiger partial charge in [0.15, 0.2) is 17.5 Å². The van der Waals surface area contributed by atoms with Gasteiger partial charge in [0.2, 0.25) is 0 Å². The summed E-state index contributed by atoms with van der Waals surface area (Å²) in [7, 11) is 0. The predicted octanol–water partition coefficient (Wildman–Crippen LogP) is 3.94. The Labute approximate surface area is 144 Å². The summed E-state index contributed by atoms with van der Waals surface area (Å²) in [5.41, 5.74) is 6.88. The van der Waals surface area contributed by atoms with Crippen LogP contribution in [0.3, 0.4) is 0 Å². The number of aliphatic imine (C=N–C) groups is 1. The average Bonchev–Trinajstić information content (AvgIpc) is 2.84. The molecule has 5 nitrogen and oxygen atoms in total. The second-order valence-electron chi connectivity index (χ2n) is 6.75. The van der Waals surface area contributed by atoms with E-state index >= 15 is 0 Å². The highest BCUT2D eigenvalue weighted by Gasteiger charge is 2.13. The summed E-state index contributed by atoms with van der Waals surface area (Å²) in [6, 6.07) is 5.78. The third-order valence-electron chi connectivity index (χ3n) is 4.80. The average molecular weight is 331 g/mol. The van der Waals surface area contributed by atoms with Crippen LogP contribution in [-0.2, 0) is 0 Å². The zero-order chi connectivity index (χ0) is 16.6. The van der Waals surface area contributed by atoms with Crippen LogP contribution in [0.2, 0.25) is 0 Å². The number of hydrogen-bond donors (Lipinski definition) is 2. The van der Waals surface area contributed by atoms with E-state index in [9.17, 15) is 0 Å². The van der Waals surface area contributed by atoms with Gasteiger partial charge in [0.1, 0.15) is 0 Å². The molecule has 0 bridgehead atoms. The van der Waals surface area contributed by atoms with Gasteiger partial charge in [0.05, 0.1) is 13.2 Å². The van der Waals surface area contributed by atoms with Gasteiger partial charge in [0.25, 0.3) is 0 Å². The first kappa shape index (κ1) is 16.9. The minimum atomic E-state index is 0.466. The molecule has 0 radical (unpaired) electrons. The third-order valence-corrected chi connectivity index (χ3v) is 4.80. The first-order valence-corrected chi connectivity index (χ1v) is 9.28. The Morgan fingerprint density at radius 2 is 1.88 bits per heavy atom. The largest absolute Gasteiger partial charge is 0.490 e. The van der Waals surface area contributed by atoms with E-state index in [1.807, 2.05) is 18.2 Å². The van der Waals surface area contributed by atoms with Crippen LogP contribution < -0.4 is 20.5 Å². The van der Waals surface area contributed by atoms with Crippen molar-refractivity contribution in [3.8, 4) is 11.5 Å². The maximum Gasteiger partial charge on any atom is 0.193 e. The Hall–Kier alpha value is -1.91. The standard InChI is InChI=1S/C19H29N3O2/c20-19(21-11-4-8-15-6-2-1-3-7-15)22-16-9-10-17-18(14-16)24-13-5-12-23-17/h9-10,14-15H,1-8,11-13H2,(H3,20,21,22). The Bertz CT molecular complexity index is 554. The van der Waals surface area contributed by atoms with Gasteiger partial charge in [-0.25, -0.2) is 0 Å². The van der Waals surface area contributed by atoms with Crippen molar-refractivity contribution in [3.63, 3.8) is 0 Å².